The molecular weight excluding hydrogens is 775 g/mol. The predicted molar refractivity (Wildman–Crippen MR) is 236 cm³/mol. The molecule has 12 nitrogen and oxygen atoms in total. The van der Waals surface area contributed by atoms with Crippen LogP contribution in [-0.2, 0) is 28.9 Å². The van der Waals surface area contributed by atoms with Gasteiger partial charge in [0, 0.05) is 6.42 Å². The van der Waals surface area contributed by atoms with Gasteiger partial charge in [0.05, 0.1) is 25.4 Å². The molecule has 1 saturated heterocycles. The first-order valence-corrected chi connectivity index (χ1v) is 24.8. The Morgan fingerprint density at radius 2 is 1.12 bits per heavy atom. The summed E-state index contributed by atoms with van der Waals surface area (Å²) in [6.45, 7) is 3.35. The third-order valence-corrected chi connectivity index (χ3v) is 11.4. The van der Waals surface area contributed by atoms with Crippen molar-refractivity contribution in [2.24, 2.45) is 0 Å². The van der Waals surface area contributed by atoms with Gasteiger partial charge < -0.3 is 35.2 Å². The predicted octanol–water partition coefficient (Wildman–Crippen LogP) is 9.11. The average molecular weight is 860 g/mol. The third-order valence-electron chi connectivity index (χ3n) is 10.9. The molecule has 7 atom stereocenters. The van der Waals surface area contributed by atoms with E-state index >= 15 is 0 Å². The topological polar surface area (TPSA) is 192 Å². The highest BCUT2D eigenvalue weighted by molar-refractivity contribution is 7.80. The number of nitrogens with one attached hydrogen (secondary N) is 1. The molecule has 0 bridgehead atoms. The van der Waals surface area contributed by atoms with Gasteiger partial charge in [-0.05, 0) is 44.9 Å². The number of carbonyl (C=O) groups is 1. The van der Waals surface area contributed by atoms with E-state index in [9.17, 15) is 38.2 Å². The van der Waals surface area contributed by atoms with Gasteiger partial charge in [0.2, 0.25) is 5.91 Å². The summed E-state index contributed by atoms with van der Waals surface area (Å²) >= 11 is 0. The SMILES string of the molecule is CCCCC/C=C\C=C/CCCCCCCCC(=O)NC(COC1OC(CO)C(O)C(OS(=O)(=O)O)C1O)C(O)/C=C/CCCCCCCCCCCCCCCCC. The first kappa shape index (κ1) is 55.3. The van der Waals surface area contributed by atoms with Crippen LogP contribution in [0.3, 0.4) is 0 Å². The van der Waals surface area contributed by atoms with E-state index in [1.54, 1.807) is 6.08 Å². The Bertz CT molecular complexity index is 1200. The molecule has 1 amide bonds. The molecule has 0 radical (unpaired) electrons. The lowest BCUT2D eigenvalue weighted by molar-refractivity contribution is -0.298. The molecule has 1 aliphatic heterocycles. The van der Waals surface area contributed by atoms with Gasteiger partial charge in [-0.1, -0.05) is 179 Å². The van der Waals surface area contributed by atoms with E-state index in [1.807, 2.05) is 6.08 Å². The molecular formula is C46H85NO11S. The van der Waals surface area contributed by atoms with Crippen LogP contribution in [-0.4, -0.2) is 95.4 Å². The lowest BCUT2D eigenvalue weighted by Gasteiger charge is -2.41. The minimum Gasteiger partial charge on any atom is -0.394 e. The molecule has 13 heteroatoms. The van der Waals surface area contributed by atoms with E-state index in [1.165, 1.54) is 103 Å². The number of hydrogen-bond acceptors (Lipinski definition) is 10. The molecule has 6 N–H and O–H groups in total. The Balaban J connectivity index is 2.54. The van der Waals surface area contributed by atoms with Crippen LogP contribution < -0.4 is 5.32 Å². The van der Waals surface area contributed by atoms with Crippen LogP contribution in [0.15, 0.2) is 36.5 Å². The number of aliphatic hydroxyl groups is 4. The minimum atomic E-state index is -5.09. The maximum atomic E-state index is 13.0. The first-order chi connectivity index (χ1) is 28.5. The zero-order chi connectivity index (χ0) is 43.4. The number of rotatable bonds is 39. The minimum absolute atomic E-state index is 0.255. The molecule has 1 heterocycles. The fourth-order valence-electron chi connectivity index (χ4n) is 7.27. The summed E-state index contributed by atoms with van der Waals surface area (Å²) < 4.78 is 47.6. The summed E-state index contributed by atoms with van der Waals surface area (Å²) in [6.07, 6.45) is 34.6. The molecule has 59 heavy (non-hydrogen) atoms. The van der Waals surface area contributed by atoms with Gasteiger partial charge in [-0.2, -0.15) is 8.42 Å². The van der Waals surface area contributed by atoms with Crippen LogP contribution in [0.4, 0.5) is 0 Å². The Kier molecular flexibility index (Phi) is 34.6. The van der Waals surface area contributed by atoms with Crippen molar-refractivity contribution in [2.45, 2.75) is 236 Å². The Morgan fingerprint density at radius 1 is 0.678 bits per heavy atom. The number of allylic oxidation sites excluding steroid dienone is 5. The lowest BCUT2D eigenvalue weighted by Crippen LogP contribution is -2.61. The van der Waals surface area contributed by atoms with Crippen molar-refractivity contribution in [1.82, 2.24) is 5.32 Å². The second-order valence-electron chi connectivity index (χ2n) is 16.4. The molecule has 1 rings (SSSR count). The quantitative estimate of drug-likeness (QED) is 0.0150. The Hall–Kier alpha value is -1.68. The number of carbonyl (C=O) groups excluding carboxylic acids is 1. The Labute approximate surface area is 358 Å². The normalized spacial score (nSPS) is 21.2. The van der Waals surface area contributed by atoms with Crippen LogP contribution >= 0.6 is 0 Å². The highest BCUT2D eigenvalue weighted by Gasteiger charge is 2.48. The van der Waals surface area contributed by atoms with Crippen LogP contribution in [0.5, 0.6) is 0 Å². The average Bonchev–Trinajstić information content (AvgIpc) is 3.20. The van der Waals surface area contributed by atoms with E-state index < -0.39 is 59.9 Å². The number of amides is 1. The summed E-state index contributed by atoms with van der Waals surface area (Å²) in [7, 11) is -5.09. The molecule has 1 aliphatic rings. The van der Waals surface area contributed by atoms with Gasteiger partial charge in [0.25, 0.3) is 0 Å². The largest absolute Gasteiger partial charge is 0.397 e. The number of hydrogen-bond donors (Lipinski definition) is 6. The van der Waals surface area contributed by atoms with Crippen molar-refractivity contribution in [3.63, 3.8) is 0 Å². The van der Waals surface area contributed by atoms with Gasteiger partial charge in [0.1, 0.15) is 24.4 Å². The van der Waals surface area contributed by atoms with Gasteiger partial charge in [-0.25, -0.2) is 4.18 Å². The summed E-state index contributed by atoms with van der Waals surface area (Å²) in [5.41, 5.74) is 0. The molecule has 0 saturated carbocycles. The Morgan fingerprint density at radius 3 is 1.61 bits per heavy atom. The number of unbranched alkanes of at least 4 members (excludes halogenated alkanes) is 24. The van der Waals surface area contributed by atoms with E-state index in [4.69, 9.17) is 9.47 Å². The van der Waals surface area contributed by atoms with E-state index in [2.05, 4.69) is 47.7 Å². The van der Waals surface area contributed by atoms with Gasteiger partial charge in [-0.3, -0.25) is 9.35 Å². The molecule has 346 valence electrons. The zero-order valence-corrected chi connectivity index (χ0v) is 37.6. The first-order valence-electron chi connectivity index (χ1n) is 23.4. The van der Waals surface area contributed by atoms with Gasteiger partial charge >= 0.3 is 10.4 Å². The van der Waals surface area contributed by atoms with E-state index in [0.29, 0.717) is 6.42 Å². The zero-order valence-electron chi connectivity index (χ0n) is 36.8. The second-order valence-corrected chi connectivity index (χ2v) is 17.4. The van der Waals surface area contributed by atoms with Crippen molar-refractivity contribution >= 4 is 16.3 Å². The monoisotopic (exact) mass is 860 g/mol. The van der Waals surface area contributed by atoms with Gasteiger partial charge in [-0.15, -0.1) is 0 Å². The van der Waals surface area contributed by atoms with Crippen molar-refractivity contribution in [3.05, 3.63) is 36.5 Å². The van der Waals surface area contributed by atoms with Crippen molar-refractivity contribution in [1.29, 1.82) is 0 Å². The van der Waals surface area contributed by atoms with Crippen molar-refractivity contribution in [3.8, 4) is 0 Å². The molecule has 0 aromatic rings. The van der Waals surface area contributed by atoms with Crippen LogP contribution in [0, 0.1) is 0 Å². The van der Waals surface area contributed by atoms with Crippen molar-refractivity contribution < 1.29 is 51.8 Å². The van der Waals surface area contributed by atoms with Crippen LogP contribution in [0.25, 0.3) is 0 Å². The molecule has 0 spiro atoms. The summed E-state index contributed by atoms with van der Waals surface area (Å²) in [6, 6.07) is -0.949. The summed E-state index contributed by atoms with van der Waals surface area (Å²) in [5, 5.41) is 44.7. The molecule has 7 unspecified atom stereocenters. The third kappa shape index (κ3) is 30.1. The fraction of sp³-hybridized carbons (Fsp3) is 0.848. The second kappa shape index (κ2) is 36.9. The maximum absolute atomic E-state index is 13.0. The van der Waals surface area contributed by atoms with Crippen LogP contribution in [0.2, 0.25) is 0 Å². The van der Waals surface area contributed by atoms with Crippen LogP contribution in [0.1, 0.15) is 194 Å². The standard InChI is InChI=1S/C46H85NO11S/c1-3-5-7-9-11-13-15-17-19-20-22-23-25-27-29-31-33-35-40(49)39(38-56-46-44(52)45(58-59(53,54)55)43(51)41(37-48)57-46)47-42(50)36-34-32-30-28-26-24-21-18-16-14-12-10-8-6-4-2/h12,14,16,18,33,35,39-41,43-46,48-49,51-52H,3-11,13,15,17,19-32,34,36-38H2,1-2H3,(H,47,50)(H,53,54,55)/b14-12-,18-16-,35-33+. The highest BCUT2D eigenvalue weighted by Crippen LogP contribution is 2.26. The molecule has 0 aliphatic carbocycles. The van der Waals surface area contributed by atoms with Gasteiger partial charge in [0.15, 0.2) is 6.29 Å². The number of aliphatic hydroxyl groups excluding tert-OH is 4. The maximum Gasteiger partial charge on any atom is 0.397 e. The smallest absolute Gasteiger partial charge is 0.394 e. The summed E-state index contributed by atoms with van der Waals surface area (Å²) in [4.78, 5) is 13.0. The number of ether oxygens (including phenoxy) is 2. The van der Waals surface area contributed by atoms with E-state index in [0.717, 1.165) is 64.2 Å². The molecule has 0 aromatic carbocycles. The lowest BCUT2D eigenvalue weighted by atomic mass is 9.99. The fourth-order valence-corrected chi connectivity index (χ4v) is 7.78. The highest BCUT2D eigenvalue weighted by atomic mass is 32.3. The molecule has 1 fully saturated rings. The summed E-state index contributed by atoms with van der Waals surface area (Å²) in [5.74, 6) is -0.275. The molecule has 0 aromatic heterocycles. The van der Waals surface area contributed by atoms with E-state index in [-0.39, 0.29) is 18.9 Å². The van der Waals surface area contributed by atoms with Crippen molar-refractivity contribution in [2.75, 3.05) is 13.2 Å².